The number of amides is 1. The fraction of sp³-hybridized carbons (Fsp3) is 0.769. The Balaban J connectivity index is 2.18. The molecule has 1 N–H and O–H groups in total. The van der Waals surface area contributed by atoms with Crippen molar-refractivity contribution in [2.75, 3.05) is 0 Å². The average molecular weight is 250 g/mol. The van der Waals surface area contributed by atoms with Crippen LogP contribution in [0.3, 0.4) is 0 Å². The fourth-order valence-electron chi connectivity index (χ4n) is 2.57. The van der Waals surface area contributed by atoms with Crippen molar-refractivity contribution in [1.82, 2.24) is 20.1 Å². The Morgan fingerprint density at radius 2 is 1.94 bits per heavy atom. The summed E-state index contributed by atoms with van der Waals surface area (Å²) in [5.41, 5.74) is 0. The Morgan fingerprint density at radius 3 is 2.44 bits per heavy atom. The summed E-state index contributed by atoms with van der Waals surface area (Å²) in [6.07, 6.45) is 3.33. The van der Waals surface area contributed by atoms with Gasteiger partial charge in [0.05, 0.1) is 0 Å². The molecule has 0 aromatic carbocycles. The van der Waals surface area contributed by atoms with Crippen LogP contribution in [-0.4, -0.2) is 38.1 Å². The van der Waals surface area contributed by atoms with E-state index in [4.69, 9.17) is 0 Å². The van der Waals surface area contributed by atoms with Crippen LogP contribution >= 0.6 is 0 Å². The Morgan fingerprint density at radius 1 is 1.33 bits per heavy atom. The summed E-state index contributed by atoms with van der Waals surface area (Å²) in [5, 5.41) is 6.90. The van der Waals surface area contributed by atoms with E-state index in [-0.39, 0.29) is 23.9 Å². The van der Waals surface area contributed by atoms with E-state index in [0.717, 1.165) is 18.7 Å². The molecule has 0 radical (unpaired) electrons. The van der Waals surface area contributed by atoms with Gasteiger partial charge in [0.1, 0.15) is 5.82 Å². The number of piperidine rings is 1. The largest absolute Gasteiger partial charge is 0.330 e. The molecule has 1 aliphatic heterocycles. The van der Waals surface area contributed by atoms with Gasteiger partial charge in [0, 0.05) is 18.0 Å². The lowest BCUT2D eigenvalue weighted by Gasteiger charge is -2.38. The van der Waals surface area contributed by atoms with Crippen molar-refractivity contribution in [3.05, 3.63) is 11.6 Å². The molecule has 2 heterocycles. The number of carbonyl (C=O) groups is 1. The zero-order valence-corrected chi connectivity index (χ0v) is 11.6. The molecule has 0 saturated carbocycles. The van der Waals surface area contributed by atoms with E-state index in [2.05, 4.69) is 29.0 Å². The minimum atomic E-state index is -0.0437. The summed E-state index contributed by atoms with van der Waals surface area (Å²) >= 11 is 0. The van der Waals surface area contributed by atoms with Crippen LogP contribution in [0.25, 0.3) is 0 Å². The highest BCUT2D eigenvalue weighted by molar-refractivity contribution is 5.90. The average Bonchev–Trinajstić information content (AvgIpc) is 2.77. The van der Waals surface area contributed by atoms with E-state index in [1.54, 1.807) is 0 Å². The van der Waals surface area contributed by atoms with E-state index in [1.807, 2.05) is 18.7 Å². The molecule has 1 amide bonds. The van der Waals surface area contributed by atoms with Gasteiger partial charge in [0.15, 0.2) is 0 Å². The molecule has 2 rings (SSSR count). The van der Waals surface area contributed by atoms with Crippen LogP contribution in [0.15, 0.2) is 0 Å². The van der Waals surface area contributed by atoms with Gasteiger partial charge in [-0.05, 0) is 33.1 Å². The summed E-state index contributed by atoms with van der Waals surface area (Å²) in [6, 6.07) is 0.560. The highest BCUT2D eigenvalue weighted by Crippen LogP contribution is 2.24. The van der Waals surface area contributed by atoms with Crippen molar-refractivity contribution in [2.45, 2.75) is 65.0 Å². The zero-order chi connectivity index (χ0) is 13.3. The predicted octanol–water partition coefficient (Wildman–Crippen LogP) is 2.33. The number of aromatic nitrogens is 3. The number of carbonyl (C=O) groups excluding carboxylic acids is 1. The first-order chi connectivity index (χ1) is 8.50. The van der Waals surface area contributed by atoms with Gasteiger partial charge in [-0.3, -0.25) is 9.89 Å². The highest BCUT2D eigenvalue weighted by atomic mass is 16.2. The molecule has 5 nitrogen and oxygen atoms in total. The van der Waals surface area contributed by atoms with E-state index in [1.165, 1.54) is 6.42 Å². The lowest BCUT2D eigenvalue weighted by molar-refractivity contribution is 0.0498. The SMILES string of the molecule is CC(C)c1nc(C(=O)N2[C@H](C)CCC[C@@H]2C)n[nH]1. The zero-order valence-electron chi connectivity index (χ0n) is 11.6. The van der Waals surface area contributed by atoms with Gasteiger partial charge in [-0.2, -0.15) is 0 Å². The third kappa shape index (κ3) is 2.40. The first-order valence-corrected chi connectivity index (χ1v) is 6.75. The van der Waals surface area contributed by atoms with Gasteiger partial charge in [0.25, 0.3) is 5.91 Å². The van der Waals surface area contributed by atoms with Crippen LogP contribution in [0.4, 0.5) is 0 Å². The van der Waals surface area contributed by atoms with Crippen LogP contribution < -0.4 is 0 Å². The van der Waals surface area contributed by atoms with Gasteiger partial charge in [0.2, 0.25) is 5.82 Å². The highest BCUT2D eigenvalue weighted by Gasteiger charge is 2.31. The second-order valence-electron chi connectivity index (χ2n) is 5.54. The topological polar surface area (TPSA) is 61.9 Å². The van der Waals surface area contributed by atoms with Crippen molar-refractivity contribution in [1.29, 1.82) is 0 Å². The Bertz CT molecular complexity index is 416. The molecular weight excluding hydrogens is 228 g/mol. The van der Waals surface area contributed by atoms with Gasteiger partial charge >= 0.3 is 0 Å². The van der Waals surface area contributed by atoms with E-state index in [9.17, 15) is 4.79 Å². The van der Waals surface area contributed by atoms with Crippen molar-refractivity contribution >= 4 is 5.91 Å². The lowest BCUT2D eigenvalue weighted by atomic mass is 9.97. The number of H-pyrrole nitrogens is 1. The van der Waals surface area contributed by atoms with Gasteiger partial charge < -0.3 is 4.90 Å². The third-order valence-electron chi connectivity index (χ3n) is 3.67. The molecule has 1 fully saturated rings. The van der Waals surface area contributed by atoms with Crippen LogP contribution in [-0.2, 0) is 0 Å². The van der Waals surface area contributed by atoms with E-state index < -0.39 is 0 Å². The maximum Gasteiger partial charge on any atom is 0.294 e. The molecule has 1 aliphatic rings. The van der Waals surface area contributed by atoms with Gasteiger partial charge in [-0.15, -0.1) is 5.10 Å². The number of hydrogen-bond acceptors (Lipinski definition) is 3. The molecule has 100 valence electrons. The number of aromatic amines is 1. The van der Waals surface area contributed by atoms with Crippen LogP contribution in [0.5, 0.6) is 0 Å². The normalized spacial score (nSPS) is 24.6. The second-order valence-corrected chi connectivity index (χ2v) is 5.54. The number of likely N-dealkylation sites (tertiary alicyclic amines) is 1. The molecule has 1 aromatic heterocycles. The smallest absolute Gasteiger partial charge is 0.294 e. The Kier molecular flexibility index (Phi) is 3.68. The molecular formula is C13H22N4O. The molecule has 0 aliphatic carbocycles. The number of nitrogens with zero attached hydrogens (tertiary/aromatic N) is 3. The number of nitrogens with one attached hydrogen (secondary N) is 1. The maximum atomic E-state index is 12.4. The van der Waals surface area contributed by atoms with Gasteiger partial charge in [-0.25, -0.2) is 4.98 Å². The van der Waals surface area contributed by atoms with E-state index >= 15 is 0 Å². The molecule has 5 heteroatoms. The lowest BCUT2D eigenvalue weighted by Crippen LogP contribution is -2.47. The minimum Gasteiger partial charge on any atom is -0.330 e. The van der Waals surface area contributed by atoms with Crippen LogP contribution in [0, 0.1) is 0 Å². The van der Waals surface area contributed by atoms with Crippen molar-refractivity contribution < 1.29 is 4.79 Å². The van der Waals surface area contributed by atoms with Crippen molar-refractivity contribution in [3.8, 4) is 0 Å². The van der Waals surface area contributed by atoms with Crippen LogP contribution in [0.2, 0.25) is 0 Å². The Hall–Kier alpha value is -1.39. The van der Waals surface area contributed by atoms with Crippen molar-refractivity contribution in [3.63, 3.8) is 0 Å². The first kappa shape index (κ1) is 13.1. The molecule has 0 unspecified atom stereocenters. The molecule has 18 heavy (non-hydrogen) atoms. The minimum absolute atomic E-state index is 0.0437. The molecule has 2 atom stereocenters. The summed E-state index contributed by atoms with van der Waals surface area (Å²) < 4.78 is 0. The van der Waals surface area contributed by atoms with Crippen LogP contribution in [0.1, 0.15) is 69.3 Å². The summed E-state index contributed by atoms with van der Waals surface area (Å²) in [6.45, 7) is 8.26. The monoisotopic (exact) mass is 250 g/mol. The maximum absolute atomic E-state index is 12.4. The molecule has 1 aromatic rings. The molecule has 0 spiro atoms. The van der Waals surface area contributed by atoms with E-state index in [0.29, 0.717) is 5.82 Å². The molecule has 1 saturated heterocycles. The number of rotatable bonds is 2. The standard InChI is InChI=1S/C13H22N4O/c1-8(2)11-14-12(16-15-11)13(18)17-9(3)6-5-7-10(17)4/h8-10H,5-7H2,1-4H3,(H,14,15,16)/t9-,10+. The summed E-state index contributed by atoms with van der Waals surface area (Å²) in [5.74, 6) is 1.29. The quantitative estimate of drug-likeness (QED) is 0.876. The first-order valence-electron chi connectivity index (χ1n) is 6.75. The Labute approximate surface area is 108 Å². The second kappa shape index (κ2) is 5.08. The fourth-order valence-corrected chi connectivity index (χ4v) is 2.57. The predicted molar refractivity (Wildman–Crippen MR) is 69.4 cm³/mol. The van der Waals surface area contributed by atoms with Gasteiger partial charge in [-0.1, -0.05) is 13.8 Å². The summed E-state index contributed by atoms with van der Waals surface area (Å²) in [7, 11) is 0. The number of hydrogen-bond donors (Lipinski definition) is 1. The summed E-state index contributed by atoms with van der Waals surface area (Å²) in [4.78, 5) is 18.7. The van der Waals surface area contributed by atoms with Crippen molar-refractivity contribution in [2.24, 2.45) is 0 Å². The molecule has 0 bridgehead atoms. The third-order valence-corrected chi connectivity index (χ3v) is 3.67.